The van der Waals surface area contributed by atoms with Crippen LogP contribution >= 0.6 is 0 Å². The minimum Gasteiger partial charge on any atom is -0.389 e. The number of ether oxygens (including phenoxy) is 2. The Morgan fingerprint density at radius 3 is 2.85 bits per heavy atom. The minimum absolute atomic E-state index is 0.213. The van der Waals surface area contributed by atoms with Crippen molar-refractivity contribution in [1.29, 1.82) is 0 Å². The van der Waals surface area contributed by atoms with Crippen molar-refractivity contribution in [3.05, 3.63) is 12.2 Å². The lowest BCUT2D eigenvalue weighted by Gasteiger charge is -2.13. The molecule has 0 aliphatic heterocycles. The summed E-state index contributed by atoms with van der Waals surface area (Å²) >= 11 is 0. The summed E-state index contributed by atoms with van der Waals surface area (Å²) in [6.07, 6.45) is 2.13. The first-order valence-electron chi connectivity index (χ1n) is 7.00. The third-order valence-electron chi connectivity index (χ3n) is 2.54. The maximum absolute atomic E-state index is 9.70. The van der Waals surface area contributed by atoms with Crippen LogP contribution in [0.3, 0.4) is 0 Å². The summed E-state index contributed by atoms with van der Waals surface area (Å²) < 4.78 is 12.3. The van der Waals surface area contributed by atoms with Gasteiger partial charge in [-0.2, -0.15) is 5.10 Å². The van der Waals surface area contributed by atoms with E-state index in [9.17, 15) is 5.11 Å². The fraction of sp³-hybridized carbons (Fsp3) is 0.846. The monoisotopic (exact) mass is 286 g/mol. The standard InChI is InChI=1S/C13H26N4O3/c1-11(2)20-7-6-19-9-12(18)8-14-5-4-13-15-10-17(3)16-13/h10-12,14,18H,4-9H2,1-3H3. The van der Waals surface area contributed by atoms with Crippen molar-refractivity contribution in [1.82, 2.24) is 20.1 Å². The Balaban J connectivity index is 1.93. The van der Waals surface area contributed by atoms with Crippen LogP contribution in [0.4, 0.5) is 0 Å². The van der Waals surface area contributed by atoms with Crippen LogP contribution in [0.25, 0.3) is 0 Å². The quantitative estimate of drug-likeness (QED) is 0.546. The van der Waals surface area contributed by atoms with Crippen molar-refractivity contribution in [3.63, 3.8) is 0 Å². The van der Waals surface area contributed by atoms with Crippen molar-refractivity contribution in [2.45, 2.75) is 32.5 Å². The van der Waals surface area contributed by atoms with E-state index < -0.39 is 6.10 Å². The van der Waals surface area contributed by atoms with E-state index in [4.69, 9.17) is 9.47 Å². The van der Waals surface area contributed by atoms with Crippen LogP contribution in [0.5, 0.6) is 0 Å². The van der Waals surface area contributed by atoms with Crippen LogP contribution in [0.1, 0.15) is 19.7 Å². The number of hydrogen-bond donors (Lipinski definition) is 2. The highest BCUT2D eigenvalue weighted by atomic mass is 16.5. The third kappa shape index (κ3) is 8.21. The van der Waals surface area contributed by atoms with Gasteiger partial charge in [0.25, 0.3) is 0 Å². The predicted molar refractivity (Wildman–Crippen MR) is 75.5 cm³/mol. The van der Waals surface area contributed by atoms with Gasteiger partial charge in [0.2, 0.25) is 0 Å². The summed E-state index contributed by atoms with van der Waals surface area (Å²) in [6.45, 7) is 6.58. The number of aryl methyl sites for hydroxylation is 1. The largest absolute Gasteiger partial charge is 0.389 e. The van der Waals surface area contributed by atoms with Crippen LogP contribution in [0.15, 0.2) is 6.33 Å². The summed E-state index contributed by atoms with van der Waals surface area (Å²) in [5, 5.41) is 17.0. The van der Waals surface area contributed by atoms with Crippen LogP contribution in [0, 0.1) is 0 Å². The molecule has 116 valence electrons. The first kappa shape index (κ1) is 17.0. The van der Waals surface area contributed by atoms with E-state index in [0.717, 1.165) is 18.8 Å². The van der Waals surface area contributed by atoms with E-state index in [-0.39, 0.29) is 6.10 Å². The van der Waals surface area contributed by atoms with E-state index in [0.29, 0.717) is 26.4 Å². The number of aliphatic hydroxyl groups is 1. The van der Waals surface area contributed by atoms with Gasteiger partial charge in [-0.1, -0.05) is 0 Å². The lowest BCUT2D eigenvalue weighted by atomic mass is 10.3. The molecule has 20 heavy (non-hydrogen) atoms. The minimum atomic E-state index is -0.509. The van der Waals surface area contributed by atoms with Crippen molar-refractivity contribution in [2.75, 3.05) is 32.9 Å². The molecule has 1 rings (SSSR count). The molecule has 0 amide bonds. The van der Waals surface area contributed by atoms with Crippen molar-refractivity contribution < 1.29 is 14.6 Å². The van der Waals surface area contributed by atoms with Gasteiger partial charge in [-0.05, 0) is 13.8 Å². The van der Waals surface area contributed by atoms with Crippen molar-refractivity contribution >= 4 is 0 Å². The Morgan fingerprint density at radius 1 is 1.40 bits per heavy atom. The number of rotatable bonds is 11. The van der Waals surface area contributed by atoms with Crippen LogP contribution < -0.4 is 5.32 Å². The molecular weight excluding hydrogens is 260 g/mol. The zero-order valence-corrected chi connectivity index (χ0v) is 12.6. The van der Waals surface area contributed by atoms with Crippen LogP contribution in [-0.2, 0) is 22.9 Å². The molecule has 0 bridgehead atoms. The summed E-state index contributed by atoms with van der Waals surface area (Å²) in [5.74, 6) is 0.802. The number of hydrogen-bond acceptors (Lipinski definition) is 6. The third-order valence-corrected chi connectivity index (χ3v) is 2.54. The summed E-state index contributed by atoms with van der Waals surface area (Å²) in [7, 11) is 1.84. The van der Waals surface area contributed by atoms with Crippen molar-refractivity contribution in [2.24, 2.45) is 7.05 Å². The molecule has 0 saturated heterocycles. The molecule has 1 unspecified atom stereocenters. The molecule has 7 nitrogen and oxygen atoms in total. The van der Waals surface area contributed by atoms with Gasteiger partial charge >= 0.3 is 0 Å². The molecule has 0 aliphatic carbocycles. The number of aromatic nitrogens is 3. The first-order valence-corrected chi connectivity index (χ1v) is 7.00. The number of nitrogens with zero attached hydrogens (tertiary/aromatic N) is 3. The Labute approximate surface area is 120 Å². The van der Waals surface area contributed by atoms with E-state index in [1.807, 2.05) is 20.9 Å². The predicted octanol–water partition coefficient (Wildman–Crippen LogP) is -0.250. The average Bonchev–Trinajstić information content (AvgIpc) is 2.80. The normalized spacial score (nSPS) is 13.1. The van der Waals surface area contributed by atoms with E-state index >= 15 is 0 Å². The molecule has 7 heteroatoms. The van der Waals surface area contributed by atoms with E-state index in [1.165, 1.54) is 0 Å². The summed E-state index contributed by atoms with van der Waals surface area (Å²) in [6, 6.07) is 0. The molecule has 0 radical (unpaired) electrons. The average molecular weight is 286 g/mol. The molecule has 0 saturated carbocycles. The SMILES string of the molecule is CC(C)OCCOCC(O)CNCCc1ncn(C)n1. The lowest BCUT2D eigenvalue weighted by molar-refractivity contribution is -0.00989. The van der Waals surface area contributed by atoms with Gasteiger partial charge in [-0.3, -0.25) is 4.68 Å². The number of aliphatic hydroxyl groups excluding tert-OH is 1. The van der Waals surface area contributed by atoms with Crippen LogP contribution in [0.2, 0.25) is 0 Å². The highest BCUT2D eigenvalue weighted by molar-refractivity contribution is 4.82. The second kappa shape index (κ2) is 9.82. The Bertz CT molecular complexity index is 357. The molecule has 1 atom stereocenters. The van der Waals surface area contributed by atoms with Gasteiger partial charge in [0.1, 0.15) is 6.33 Å². The second-order valence-electron chi connectivity index (χ2n) is 4.94. The fourth-order valence-corrected chi connectivity index (χ4v) is 1.59. The first-order chi connectivity index (χ1) is 9.58. The topological polar surface area (TPSA) is 81.4 Å². The maximum Gasteiger partial charge on any atom is 0.151 e. The Hall–Kier alpha value is -1.02. The van der Waals surface area contributed by atoms with Gasteiger partial charge in [-0.15, -0.1) is 0 Å². The van der Waals surface area contributed by atoms with Gasteiger partial charge in [0.05, 0.1) is 32.0 Å². The van der Waals surface area contributed by atoms with Gasteiger partial charge in [-0.25, -0.2) is 4.98 Å². The molecule has 0 aromatic carbocycles. The van der Waals surface area contributed by atoms with Gasteiger partial charge in [0.15, 0.2) is 5.82 Å². The smallest absolute Gasteiger partial charge is 0.151 e. The van der Waals surface area contributed by atoms with Crippen molar-refractivity contribution in [3.8, 4) is 0 Å². The maximum atomic E-state index is 9.70. The highest BCUT2D eigenvalue weighted by Gasteiger charge is 2.04. The molecule has 1 heterocycles. The lowest BCUT2D eigenvalue weighted by Crippen LogP contribution is -2.32. The molecule has 0 aliphatic rings. The van der Waals surface area contributed by atoms with Crippen LogP contribution in [-0.4, -0.2) is 65.0 Å². The van der Waals surface area contributed by atoms with Gasteiger partial charge in [0, 0.05) is 26.6 Å². The summed E-state index contributed by atoms with van der Waals surface area (Å²) in [5.41, 5.74) is 0. The summed E-state index contributed by atoms with van der Waals surface area (Å²) in [4.78, 5) is 4.13. The van der Waals surface area contributed by atoms with E-state index in [1.54, 1.807) is 11.0 Å². The molecule has 0 spiro atoms. The second-order valence-corrected chi connectivity index (χ2v) is 4.94. The fourth-order valence-electron chi connectivity index (χ4n) is 1.59. The number of nitrogens with one attached hydrogen (secondary N) is 1. The van der Waals surface area contributed by atoms with E-state index in [2.05, 4.69) is 15.4 Å². The molecular formula is C13H26N4O3. The Morgan fingerprint density at radius 2 is 2.20 bits per heavy atom. The van der Waals surface area contributed by atoms with Gasteiger partial charge < -0.3 is 19.9 Å². The molecule has 2 N–H and O–H groups in total. The molecule has 1 aromatic rings. The molecule has 1 aromatic heterocycles. The highest BCUT2D eigenvalue weighted by Crippen LogP contribution is 1.90. The Kier molecular flexibility index (Phi) is 8.36. The zero-order valence-electron chi connectivity index (χ0n) is 12.6. The molecule has 0 fully saturated rings. The zero-order chi connectivity index (χ0) is 14.8.